The van der Waals surface area contributed by atoms with E-state index in [0.29, 0.717) is 18.9 Å². The molecule has 3 rings (SSSR count). The summed E-state index contributed by atoms with van der Waals surface area (Å²) in [5.74, 6) is 0.470. The lowest BCUT2D eigenvalue weighted by atomic mass is 10.2. The fourth-order valence-electron chi connectivity index (χ4n) is 2.45. The zero-order chi connectivity index (χ0) is 17.6. The molecule has 0 bridgehead atoms. The summed E-state index contributed by atoms with van der Waals surface area (Å²) in [5.41, 5.74) is 0.958. The first-order valence-electron chi connectivity index (χ1n) is 7.83. The molecule has 1 N–H and O–H groups in total. The summed E-state index contributed by atoms with van der Waals surface area (Å²) in [6, 6.07) is 14.6. The Kier molecular flexibility index (Phi) is 5.45. The molecular formula is C18H17BrN4O2. The van der Waals surface area contributed by atoms with Crippen LogP contribution < -0.4 is 10.9 Å². The van der Waals surface area contributed by atoms with Crippen molar-refractivity contribution in [3.05, 3.63) is 81.3 Å². The quantitative estimate of drug-likeness (QED) is 0.691. The van der Waals surface area contributed by atoms with Gasteiger partial charge in [-0.3, -0.25) is 9.59 Å². The summed E-state index contributed by atoms with van der Waals surface area (Å²) in [5, 5.41) is 7.11. The minimum atomic E-state index is -0.160. The third-order valence-electron chi connectivity index (χ3n) is 3.68. The van der Waals surface area contributed by atoms with Crippen molar-refractivity contribution in [1.29, 1.82) is 0 Å². The van der Waals surface area contributed by atoms with Crippen LogP contribution in [-0.2, 0) is 17.9 Å². The first-order valence-corrected chi connectivity index (χ1v) is 8.63. The second kappa shape index (κ2) is 7.94. The number of rotatable bonds is 6. The number of hydrogen-bond donors (Lipinski definition) is 1. The van der Waals surface area contributed by atoms with Gasteiger partial charge in [0.25, 0.3) is 5.56 Å². The minimum Gasteiger partial charge on any atom is -0.315 e. The third kappa shape index (κ3) is 4.67. The molecule has 0 saturated carbocycles. The molecule has 3 aromatic rings. The fraction of sp³-hybridized carbons (Fsp3) is 0.167. The number of halogens is 1. The third-order valence-corrected chi connectivity index (χ3v) is 4.18. The fourth-order valence-corrected chi connectivity index (χ4v) is 2.89. The van der Waals surface area contributed by atoms with Crippen molar-refractivity contribution in [2.24, 2.45) is 0 Å². The maximum atomic E-state index is 12.2. The molecule has 0 aliphatic rings. The Morgan fingerprint density at radius 3 is 2.84 bits per heavy atom. The molecule has 0 spiro atoms. The van der Waals surface area contributed by atoms with Gasteiger partial charge in [0.2, 0.25) is 5.91 Å². The molecule has 0 unspecified atom stereocenters. The number of hydrogen-bond acceptors (Lipinski definition) is 3. The Morgan fingerprint density at radius 1 is 1.16 bits per heavy atom. The van der Waals surface area contributed by atoms with E-state index in [9.17, 15) is 9.59 Å². The van der Waals surface area contributed by atoms with Gasteiger partial charge in [0.15, 0.2) is 0 Å². The molecular weight excluding hydrogens is 384 g/mol. The molecule has 128 valence electrons. The van der Waals surface area contributed by atoms with Crippen molar-refractivity contribution in [1.82, 2.24) is 14.3 Å². The van der Waals surface area contributed by atoms with Gasteiger partial charge >= 0.3 is 0 Å². The first-order chi connectivity index (χ1) is 12.1. The number of nitrogens with zero attached hydrogens (tertiary/aromatic N) is 3. The van der Waals surface area contributed by atoms with Crippen LogP contribution in [0.15, 0.2) is 70.2 Å². The molecule has 0 atom stereocenters. The number of pyridine rings is 1. The van der Waals surface area contributed by atoms with E-state index < -0.39 is 0 Å². The average Bonchev–Trinajstić information content (AvgIpc) is 3.01. The number of aryl methyl sites for hydroxylation is 1. The molecule has 1 aromatic carbocycles. The SMILES string of the molecule is O=C(CCn1ccccc1=O)Nc1ccnn1Cc1cccc(Br)c1. The largest absolute Gasteiger partial charge is 0.315 e. The van der Waals surface area contributed by atoms with Gasteiger partial charge in [0.1, 0.15) is 5.82 Å². The van der Waals surface area contributed by atoms with Crippen LogP contribution in [0.2, 0.25) is 0 Å². The van der Waals surface area contributed by atoms with Gasteiger partial charge in [-0.15, -0.1) is 0 Å². The number of carbonyl (C=O) groups excluding carboxylic acids is 1. The molecule has 6 nitrogen and oxygen atoms in total. The summed E-state index contributed by atoms with van der Waals surface area (Å²) < 4.78 is 4.24. The van der Waals surface area contributed by atoms with Crippen LogP contribution in [0.25, 0.3) is 0 Å². The number of amides is 1. The van der Waals surface area contributed by atoms with Gasteiger partial charge in [0, 0.05) is 35.8 Å². The van der Waals surface area contributed by atoms with E-state index in [2.05, 4.69) is 26.3 Å². The van der Waals surface area contributed by atoms with E-state index in [-0.39, 0.29) is 17.9 Å². The Bertz CT molecular complexity index is 932. The van der Waals surface area contributed by atoms with Gasteiger partial charge in [-0.25, -0.2) is 4.68 Å². The van der Waals surface area contributed by atoms with Crippen LogP contribution in [0.3, 0.4) is 0 Å². The zero-order valence-corrected chi connectivity index (χ0v) is 15.0. The number of benzene rings is 1. The summed E-state index contributed by atoms with van der Waals surface area (Å²) in [6.45, 7) is 0.894. The van der Waals surface area contributed by atoms with E-state index in [4.69, 9.17) is 0 Å². The van der Waals surface area contributed by atoms with Crippen molar-refractivity contribution in [3.63, 3.8) is 0 Å². The predicted octanol–water partition coefficient (Wildman–Crippen LogP) is 2.88. The summed E-state index contributed by atoms with van der Waals surface area (Å²) in [6.07, 6.45) is 3.54. The van der Waals surface area contributed by atoms with E-state index in [0.717, 1.165) is 10.0 Å². The van der Waals surface area contributed by atoms with Crippen molar-refractivity contribution in [3.8, 4) is 0 Å². The highest BCUT2D eigenvalue weighted by Crippen LogP contribution is 2.15. The van der Waals surface area contributed by atoms with E-state index in [1.165, 1.54) is 10.6 Å². The van der Waals surface area contributed by atoms with Gasteiger partial charge in [-0.05, 0) is 23.8 Å². The lowest BCUT2D eigenvalue weighted by Gasteiger charge is -2.10. The smallest absolute Gasteiger partial charge is 0.250 e. The summed E-state index contributed by atoms with van der Waals surface area (Å²) >= 11 is 3.45. The van der Waals surface area contributed by atoms with E-state index in [1.807, 2.05) is 24.3 Å². The molecule has 25 heavy (non-hydrogen) atoms. The van der Waals surface area contributed by atoms with Crippen molar-refractivity contribution >= 4 is 27.7 Å². The first kappa shape index (κ1) is 17.2. The lowest BCUT2D eigenvalue weighted by molar-refractivity contribution is -0.116. The zero-order valence-electron chi connectivity index (χ0n) is 13.4. The van der Waals surface area contributed by atoms with Crippen molar-refractivity contribution in [2.75, 3.05) is 5.32 Å². The van der Waals surface area contributed by atoms with Crippen LogP contribution in [0.5, 0.6) is 0 Å². The minimum absolute atomic E-state index is 0.116. The Balaban J connectivity index is 1.62. The number of nitrogens with one attached hydrogen (secondary N) is 1. The second-order valence-electron chi connectivity index (χ2n) is 5.53. The van der Waals surface area contributed by atoms with Crippen LogP contribution in [0.1, 0.15) is 12.0 Å². The summed E-state index contributed by atoms with van der Waals surface area (Å²) in [7, 11) is 0. The standard InChI is InChI=1S/C18H17BrN4O2/c19-15-5-3-4-14(12-15)13-23-16(7-9-20-23)21-17(24)8-11-22-10-2-1-6-18(22)25/h1-7,9-10,12H,8,11,13H2,(H,21,24). The van der Waals surface area contributed by atoms with Crippen molar-refractivity contribution < 1.29 is 4.79 Å². The molecule has 7 heteroatoms. The van der Waals surface area contributed by atoms with Crippen molar-refractivity contribution in [2.45, 2.75) is 19.5 Å². The van der Waals surface area contributed by atoms with Gasteiger partial charge in [-0.1, -0.05) is 34.1 Å². The van der Waals surface area contributed by atoms with Crippen LogP contribution in [-0.4, -0.2) is 20.3 Å². The maximum absolute atomic E-state index is 12.2. The highest BCUT2D eigenvalue weighted by atomic mass is 79.9. The normalized spacial score (nSPS) is 10.6. The average molecular weight is 401 g/mol. The van der Waals surface area contributed by atoms with Crippen LogP contribution in [0, 0.1) is 0 Å². The molecule has 0 aliphatic heterocycles. The number of carbonyl (C=O) groups is 1. The topological polar surface area (TPSA) is 68.9 Å². The Hall–Kier alpha value is -2.67. The lowest BCUT2D eigenvalue weighted by Crippen LogP contribution is -2.22. The van der Waals surface area contributed by atoms with Gasteiger partial charge in [0.05, 0.1) is 12.7 Å². The maximum Gasteiger partial charge on any atom is 0.250 e. The highest BCUT2D eigenvalue weighted by molar-refractivity contribution is 9.10. The van der Waals surface area contributed by atoms with E-state index >= 15 is 0 Å². The number of aromatic nitrogens is 3. The molecule has 0 radical (unpaired) electrons. The van der Waals surface area contributed by atoms with Gasteiger partial charge in [-0.2, -0.15) is 5.10 Å². The molecule has 0 aliphatic carbocycles. The molecule has 2 heterocycles. The Labute approximate surface area is 153 Å². The van der Waals surface area contributed by atoms with E-state index in [1.54, 1.807) is 35.3 Å². The molecule has 0 fully saturated rings. The second-order valence-corrected chi connectivity index (χ2v) is 6.45. The molecule has 0 saturated heterocycles. The predicted molar refractivity (Wildman–Crippen MR) is 99.4 cm³/mol. The van der Waals surface area contributed by atoms with Gasteiger partial charge < -0.3 is 9.88 Å². The molecule has 1 amide bonds. The number of anilines is 1. The highest BCUT2D eigenvalue weighted by Gasteiger charge is 2.08. The van der Waals surface area contributed by atoms with Crippen LogP contribution >= 0.6 is 15.9 Å². The summed E-state index contributed by atoms with van der Waals surface area (Å²) in [4.78, 5) is 23.8. The monoisotopic (exact) mass is 400 g/mol. The molecule has 2 aromatic heterocycles. The Morgan fingerprint density at radius 2 is 2.04 bits per heavy atom. The van der Waals surface area contributed by atoms with Crippen LogP contribution in [0.4, 0.5) is 5.82 Å².